The summed E-state index contributed by atoms with van der Waals surface area (Å²) < 4.78 is 37.9. The molecule has 0 radical (unpaired) electrons. The number of thiazole rings is 1. The second kappa shape index (κ2) is 13.1. The molecule has 5 aromatic rings. The highest BCUT2D eigenvalue weighted by Gasteiger charge is 2.33. The molecule has 1 aliphatic rings. The van der Waals surface area contributed by atoms with E-state index >= 15 is 0 Å². The summed E-state index contributed by atoms with van der Waals surface area (Å²) in [6, 6.07) is 25.7. The second-order valence-corrected chi connectivity index (χ2v) is 13.1. The molecule has 0 bridgehead atoms. The molecule has 2 heterocycles. The summed E-state index contributed by atoms with van der Waals surface area (Å²) in [6.45, 7) is 1.73. The van der Waals surface area contributed by atoms with E-state index in [1.807, 2.05) is 24.3 Å². The van der Waals surface area contributed by atoms with E-state index in [-0.39, 0.29) is 21.9 Å². The molecule has 0 saturated carbocycles. The number of hydrogen-bond donors (Lipinski definition) is 1. The van der Waals surface area contributed by atoms with Gasteiger partial charge >= 0.3 is 10.1 Å². The Bertz CT molecular complexity index is 2370. The van der Waals surface area contributed by atoms with Crippen LogP contribution in [0, 0.1) is 10.1 Å². The lowest BCUT2D eigenvalue weighted by Gasteiger charge is -2.25. The number of allylic oxidation sites excluding steroid dienone is 1. The van der Waals surface area contributed by atoms with E-state index in [1.165, 1.54) is 23.8 Å². The fourth-order valence-electron chi connectivity index (χ4n) is 5.14. The molecule has 0 fully saturated rings. The van der Waals surface area contributed by atoms with Crippen molar-refractivity contribution in [1.82, 2.24) is 4.57 Å². The van der Waals surface area contributed by atoms with Crippen LogP contribution in [0.25, 0.3) is 6.08 Å². The molecule has 1 aliphatic heterocycles. The average molecular weight is 683 g/mol. The van der Waals surface area contributed by atoms with Crippen molar-refractivity contribution in [2.45, 2.75) is 17.9 Å². The number of anilines is 1. The summed E-state index contributed by atoms with van der Waals surface area (Å²) in [5.74, 6) is 0.170. The number of fused-ring (bicyclic) bond motifs is 1. The quantitative estimate of drug-likeness (QED) is 0.135. The van der Waals surface area contributed by atoms with Crippen LogP contribution in [-0.4, -0.2) is 30.9 Å². The minimum atomic E-state index is -4.25. The Balaban J connectivity index is 1.34. The molecule has 12 nitrogen and oxygen atoms in total. The number of methoxy groups -OCH3 is 1. The Hall–Kier alpha value is -5.86. The van der Waals surface area contributed by atoms with Gasteiger partial charge in [0.05, 0.1) is 33.9 Å². The number of amides is 1. The molecule has 1 aromatic heterocycles. The van der Waals surface area contributed by atoms with E-state index in [1.54, 1.807) is 55.5 Å². The lowest BCUT2D eigenvalue weighted by molar-refractivity contribution is -0.384. The molecule has 1 N–H and O–H groups in total. The number of carbonyl (C=O) groups excluding carboxylic acids is 1. The van der Waals surface area contributed by atoms with Gasteiger partial charge in [-0.3, -0.25) is 24.3 Å². The number of rotatable bonds is 9. The van der Waals surface area contributed by atoms with Crippen LogP contribution in [0.4, 0.5) is 11.4 Å². The van der Waals surface area contributed by atoms with Gasteiger partial charge in [0.2, 0.25) is 0 Å². The number of nitrogens with one attached hydrogen (secondary N) is 1. The first-order valence-electron chi connectivity index (χ1n) is 14.4. The summed E-state index contributed by atoms with van der Waals surface area (Å²) in [7, 11) is -2.72. The van der Waals surface area contributed by atoms with E-state index in [9.17, 15) is 28.1 Å². The molecule has 1 atom stereocenters. The molecule has 0 unspecified atom stereocenters. The number of nitro groups is 1. The first-order valence-corrected chi connectivity index (χ1v) is 16.6. The summed E-state index contributed by atoms with van der Waals surface area (Å²) >= 11 is 1.16. The van der Waals surface area contributed by atoms with Gasteiger partial charge in [0, 0.05) is 17.8 Å². The van der Waals surface area contributed by atoms with Gasteiger partial charge in [-0.1, -0.05) is 53.8 Å². The highest BCUT2D eigenvalue weighted by atomic mass is 32.2. The third-order valence-electron chi connectivity index (χ3n) is 7.43. The number of carbonyl (C=O) groups is 1. The zero-order chi connectivity index (χ0) is 34.0. The first kappa shape index (κ1) is 32.1. The number of hydrogen-bond acceptors (Lipinski definition) is 10. The van der Waals surface area contributed by atoms with Crippen molar-refractivity contribution >= 4 is 44.8 Å². The normalized spacial score (nSPS) is 14.5. The van der Waals surface area contributed by atoms with Gasteiger partial charge in [0.15, 0.2) is 4.80 Å². The summed E-state index contributed by atoms with van der Waals surface area (Å²) in [4.78, 5) is 42.8. The highest BCUT2D eigenvalue weighted by Crippen LogP contribution is 2.32. The van der Waals surface area contributed by atoms with Crippen molar-refractivity contribution in [2.75, 3.05) is 12.4 Å². The highest BCUT2D eigenvalue weighted by molar-refractivity contribution is 7.87. The van der Waals surface area contributed by atoms with Crippen molar-refractivity contribution in [2.24, 2.45) is 4.99 Å². The minimum Gasteiger partial charge on any atom is -0.497 e. The van der Waals surface area contributed by atoms with Gasteiger partial charge in [0.25, 0.3) is 17.2 Å². The van der Waals surface area contributed by atoms with Crippen LogP contribution in [0.15, 0.2) is 129 Å². The number of nitro benzene ring substituents is 1. The number of aromatic nitrogens is 1. The average Bonchev–Trinajstić information content (AvgIpc) is 3.38. The standard InChI is InChI=1S/C34H26N4O8S2/c1-21-30(32(39)36-24-8-4-3-5-9-24)31(23-7-6-10-27(20-23)45-2)37-33(40)29(47-34(37)35-21)19-22-11-15-26(16-12-22)46-48(43,44)28-17-13-25(14-18-28)38(41)42/h3-20,31H,1-2H3,(H,36,39)/b29-19-/t31-/m0/s1. The summed E-state index contributed by atoms with van der Waals surface area (Å²) in [5.41, 5.74) is 1.98. The van der Waals surface area contributed by atoms with Gasteiger partial charge in [-0.05, 0) is 72.7 Å². The third-order valence-corrected chi connectivity index (χ3v) is 9.67. The predicted octanol–water partition coefficient (Wildman–Crippen LogP) is 4.56. The van der Waals surface area contributed by atoms with Gasteiger partial charge in [-0.15, -0.1) is 0 Å². The van der Waals surface area contributed by atoms with Crippen LogP contribution in [0.1, 0.15) is 24.1 Å². The fraction of sp³-hybridized carbons (Fsp3) is 0.0882. The number of para-hydroxylation sites is 1. The maximum Gasteiger partial charge on any atom is 0.339 e. The van der Waals surface area contributed by atoms with Gasteiger partial charge in [-0.2, -0.15) is 8.42 Å². The lowest BCUT2D eigenvalue weighted by Crippen LogP contribution is -2.40. The van der Waals surface area contributed by atoms with E-state index in [0.717, 1.165) is 35.6 Å². The number of benzene rings is 4. The van der Waals surface area contributed by atoms with Crippen molar-refractivity contribution in [3.63, 3.8) is 0 Å². The fourth-order valence-corrected chi connectivity index (χ4v) is 7.12. The minimum absolute atomic E-state index is 0.00897. The maximum atomic E-state index is 14.0. The smallest absolute Gasteiger partial charge is 0.339 e. The molecule has 48 heavy (non-hydrogen) atoms. The Labute approximate surface area is 277 Å². The van der Waals surface area contributed by atoms with Gasteiger partial charge < -0.3 is 14.2 Å². The zero-order valence-electron chi connectivity index (χ0n) is 25.4. The van der Waals surface area contributed by atoms with Crippen LogP contribution in [0.2, 0.25) is 0 Å². The Morgan fingerprint density at radius 2 is 1.69 bits per heavy atom. The molecular weight excluding hydrogens is 657 g/mol. The van der Waals surface area contributed by atoms with Crippen LogP contribution >= 0.6 is 11.3 Å². The first-order chi connectivity index (χ1) is 23.0. The van der Waals surface area contributed by atoms with Crippen molar-refractivity contribution < 1.29 is 27.1 Å². The molecule has 4 aromatic carbocycles. The Morgan fingerprint density at radius 3 is 2.35 bits per heavy atom. The molecule has 1 amide bonds. The van der Waals surface area contributed by atoms with Crippen LogP contribution < -0.4 is 29.1 Å². The van der Waals surface area contributed by atoms with Crippen LogP contribution in [0.3, 0.4) is 0 Å². The predicted molar refractivity (Wildman–Crippen MR) is 179 cm³/mol. The molecule has 6 rings (SSSR count). The molecule has 0 saturated heterocycles. The molecule has 0 spiro atoms. The molecule has 14 heteroatoms. The Kier molecular flexibility index (Phi) is 8.76. The van der Waals surface area contributed by atoms with Gasteiger partial charge in [-0.25, -0.2) is 4.99 Å². The molecular formula is C34H26N4O8S2. The van der Waals surface area contributed by atoms with Crippen LogP contribution in [0.5, 0.6) is 11.5 Å². The zero-order valence-corrected chi connectivity index (χ0v) is 27.0. The number of ether oxygens (including phenoxy) is 1. The lowest BCUT2D eigenvalue weighted by atomic mass is 9.95. The van der Waals surface area contributed by atoms with E-state index in [0.29, 0.717) is 43.2 Å². The number of non-ortho nitro benzene ring substituents is 1. The van der Waals surface area contributed by atoms with Crippen LogP contribution in [-0.2, 0) is 14.9 Å². The number of nitrogens with zero attached hydrogens (tertiary/aromatic N) is 3. The largest absolute Gasteiger partial charge is 0.497 e. The SMILES string of the molecule is COc1cccc([C@H]2C(C(=O)Nc3ccccc3)=C(C)N=c3s/c(=C\c4ccc(OS(=O)(=O)c5ccc([N+](=O)[O-])cc5)cc4)c(=O)n32)c1. The van der Waals surface area contributed by atoms with E-state index in [4.69, 9.17) is 8.92 Å². The van der Waals surface area contributed by atoms with Crippen molar-refractivity contribution in [3.05, 3.63) is 155 Å². The summed E-state index contributed by atoms with van der Waals surface area (Å²) in [5, 5.41) is 13.8. The maximum absolute atomic E-state index is 14.0. The molecule has 242 valence electrons. The third kappa shape index (κ3) is 6.52. The van der Waals surface area contributed by atoms with E-state index < -0.39 is 27.0 Å². The van der Waals surface area contributed by atoms with Crippen molar-refractivity contribution in [3.8, 4) is 11.5 Å². The monoisotopic (exact) mass is 682 g/mol. The van der Waals surface area contributed by atoms with Crippen molar-refractivity contribution in [1.29, 1.82) is 0 Å². The summed E-state index contributed by atoms with van der Waals surface area (Å²) in [6.07, 6.45) is 1.64. The Morgan fingerprint density at radius 1 is 0.979 bits per heavy atom. The second-order valence-electron chi connectivity index (χ2n) is 10.5. The topological polar surface area (TPSA) is 159 Å². The molecule has 0 aliphatic carbocycles. The van der Waals surface area contributed by atoms with Gasteiger partial charge in [0.1, 0.15) is 16.4 Å². The van der Waals surface area contributed by atoms with E-state index in [2.05, 4.69) is 10.3 Å².